The minimum atomic E-state index is -0.280. The number of aryl methyl sites for hydroxylation is 1. The Morgan fingerprint density at radius 2 is 2.17 bits per heavy atom. The molecule has 0 aromatic carbocycles. The van der Waals surface area contributed by atoms with Crippen LogP contribution in [0.15, 0.2) is 16.7 Å². The summed E-state index contributed by atoms with van der Waals surface area (Å²) < 4.78 is 5.04. The number of nitrogens with zero attached hydrogens (tertiary/aromatic N) is 1. The third-order valence-corrected chi connectivity index (χ3v) is 2.48. The minimum Gasteiger partial charge on any atom is -0.469 e. The van der Waals surface area contributed by atoms with E-state index in [0.29, 0.717) is 23.0 Å². The topological polar surface area (TPSA) is 69.5 Å². The van der Waals surface area contributed by atoms with Gasteiger partial charge in [-0.3, -0.25) is 15.6 Å². The smallest absolute Gasteiger partial charge is 0.273 e. The number of hydrogen-bond acceptors (Lipinski definition) is 4. The van der Waals surface area contributed by atoms with E-state index in [4.69, 9.17) is 16.6 Å². The van der Waals surface area contributed by atoms with Gasteiger partial charge in [0, 0.05) is 13.1 Å². The highest BCUT2D eigenvalue weighted by Gasteiger charge is 2.10. The molecule has 6 nitrogen and oxygen atoms in total. The molecule has 1 rings (SSSR count). The summed E-state index contributed by atoms with van der Waals surface area (Å²) in [5, 5.41) is 3.35. The fourth-order valence-corrected chi connectivity index (χ4v) is 1.39. The Morgan fingerprint density at radius 3 is 2.72 bits per heavy atom. The van der Waals surface area contributed by atoms with Gasteiger partial charge >= 0.3 is 0 Å². The average molecular weight is 270 g/mol. The second-order valence-corrected chi connectivity index (χ2v) is 4.44. The highest BCUT2D eigenvalue weighted by atomic mass is 32.1. The van der Waals surface area contributed by atoms with Crippen LogP contribution in [0.2, 0.25) is 0 Å². The zero-order chi connectivity index (χ0) is 13.5. The molecule has 0 aliphatic heterocycles. The number of likely N-dealkylation sites (N-methyl/N-ethyl adjacent to an activating group) is 1. The molecule has 0 aliphatic rings. The highest BCUT2D eigenvalue weighted by molar-refractivity contribution is 7.80. The number of amides is 1. The molecule has 100 valence electrons. The van der Waals surface area contributed by atoms with E-state index in [-0.39, 0.29) is 5.91 Å². The molecule has 0 saturated carbocycles. The first-order valence-corrected chi connectivity index (χ1v) is 5.94. The number of carbonyl (C=O) groups is 1. The zero-order valence-electron chi connectivity index (χ0n) is 10.7. The maximum absolute atomic E-state index is 11.7. The van der Waals surface area contributed by atoms with Crippen molar-refractivity contribution in [2.45, 2.75) is 6.92 Å². The van der Waals surface area contributed by atoms with Crippen LogP contribution < -0.4 is 16.2 Å². The van der Waals surface area contributed by atoms with Gasteiger partial charge in [-0.15, -0.1) is 0 Å². The van der Waals surface area contributed by atoms with Gasteiger partial charge in [0.25, 0.3) is 5.91 Å². The lowest BCUT2D eigenvalue weighted by molar-refractivity contribution is 0.0942. The van der Waals surface area contributed by atoms with Gasteiger partial charge in [0.15, 0.2) is 5.11 Å². The largest absolute Gasteiger partial charge is 0.469 e. The van der Waals surface area contributed by atoms with E-state index in [1.54, 1.807) is 13.0 Å². The van der Waals surface area contributed by atoms with Gasteiger partial charge in [0.2, 0.25) is 0 Å². The van der Waals surface area contributed by atoms with Crippen molar-refractivity contribution in [2.24, 2.45) is 0 Å². The Labute approximate surface area is 112 Å². The van der Waals surface area contributed by atoms with Gasteiger partial charge in [-0.1, -0.05) is 0 Å². The second kappa shape index (κ2) is 6.97. The molecule has 0 saturated heterocycles. The predicted octanol–water partition coefficient (Wildman–Crippen LogP) is 0.259. The third kappa shape index (κ3) is 4.72. The maximum Gasteiger partial charge on any atom is 0.273 e. The van der Waals surface area contributed by atoms with Crippen molar-refractivity contribution in [1.82, 2.24) is 21.1 Å². The fourth-order valence-electron chi connectivity index (χ4n) is 1.24. The third-order valence-electron chi connectivity index (χ3n) is 2.24. The van der Waals surface area contributed by atoms with Crippen LogP contribution in [0.25, 0.3) is 0 Å². The lowest BCUT2D eigenvalue weighted by atomic mass is 10.2. The molecule has 0 unspecified atom stereocenters. The normalized spacial score (nSPS) is 10.2. The van der Waals surface area contributed by atoms with Crippen molar-refractivity contribution in [3.8, 4) is 0 Å². The minimum absolute atomic E-state index is 0.280. The number of hydrogen-bond donors (Lipinski definition) is 3. The zero-order valence-corrected chi connectivity index (χ0v) is 11.6. The van der Waals surface area contributed by atoms with E-state index >= 15 is 0 Å². The van der Waals surface area contributed by atoms with Gasteiger partial charge < -0.3 is 14.6 Å². The van der Waals surface area contributed by atoms with Crippen LogP contribution in [-0.2, 0) is 0 Å². The van der Waals surface area contributed by atoms with Crippen LogP contribution >= 0.6 is 12.2 Å². The summed E-state index contributed by atoms with van der Waals surface area (Å²) in [6, 6.07) is 1.61. The maximum atomic E-state index is 11.7. The lowest BCUT2D eigenvalue weighted by Crippen LogP contribution is -2.48. The predicted molar refractivity (Wildman–Crippen MR) is 73.2 cm³/mol. The molecule has 3 N–H and O–H groups in total. The van der Waals surface area contributed by atoms with Gasteiger partial charge in [0.1, 0.15) is 5.76 Å². The van der Waals surface area contributed by atoms with E-state index in [9.17, 15) is 4.79 Å². The van der Waals surface area contributed by atoms with Crippen LogP contribution in [0.1, 0.15) is 16.1 Å². The van der Waals surface area contributed by atoms with Crippen molar-refractivity contribution >= 4 is 23.2 Å². The molecule has 0 spiro atoms. The highest BCUT2D eigenvalue weighted by Crippen LogP contribution is 2.07. The van der Waals surface area contributed by atoms with Crippen LogP contribution in [-0.4, -0.2) is 43.1 Å². The molecule has 0 radical (unpaired) electrons. The Kier molecular flexibility index (Phi) is 5.60. The molecule has 0 atom stereocenters. The summed E-state index contributed by atoms with van der Waals surface area (Å²) in [7, 11) is 3.95. The summed E-state index contributed by atoms with van der Waals surface area (Å²) in [6.07, 6.45) is 1.47. The molecule has 1 aromatic rings. The molecule has 1 heterocycles. The lowest BCUT2D eigenvalue weighted by Gasteiger charge is -2.13. The van der Waals surface area contributed by atoms with E-state index < -0.39 is 0 Å². The van der Waals surface area contributed by atoms with E-state index in [2.05, 4.69) is 16.2 Å². The number of nitrogens with one attached hydrogen (secondary N) is 3. The van der Waals surface area contributed by atoms with Crippen molar-refractivity contribution in [3.05, 3.63) is 23.7 Å². The second-order valence-electron chi connectivity index (χ2n) is 4.03. The summed E-state index contributed by atoms with van der Waals surface area (Å²) in [5.41, 5.74) is 5.61. The Morgan fingerprint density at radius 1 is 1.44 bits per heavy atom. The average Bonchev–Trinajstić information content (AvgIpc) is 2.72. The fraction of sp³-hybridized carbons (Fsp3) is 0.455. The molecular formula is C11H18N4O2S. The number of furan rings is 1. The molecule has 18 heavy (non-hydrogen) atoms. The molecule has 1 amide bonds. The SMILES string of the molecule is Cc1occc1C(=O)NNC(=S)NCCN(C)C. The van der Waals surface area contributed by atoms with E-state index in [0.717, 1.165) is 6.54 Å². The van der Waals surface area contributed by atoms with Crippen molar-refractivity contribution in [2.75, 3.05) is 27.2 Å². The van der Waals surface area contributed by atoms with Crippen molar-refractivity contribution in [3.63, 3.8) is 0 Å². The first kappa shape index (κ1) is 14.5. The van der Waals surface area contributed by atoms with Gasteiger partial charge in [-0.05, 0) is 39.3 Å². The van der Waals surface area contributed by atoms with Crippen LogP contribution in [0, 0.1) is 6.92 Å². The first-order chi connectivity index (χ1) is 8.50. The summed E-state index contributed by atoms with van der Waals surface area (Å²) in [6.45, 7) is 3.29. The number of carbonyl (C=O) groups excluding carboxylic acids is 1. The number of hydrazine groups is 1. The molecular weight excluding hydrogens is 252 g/mol. The Hall–Kier alpha value is -1.60. The summed E-state index contributed by atoms with van der Waals surface area (Å²) in [4.78, 5) is 13.7. The number of rotatable bonds is 4. The molecule has 0 bridgehead atoms. The van der Waals surface area contributed by atoms with E-state index in [1.807, 2.05) is 19.0 Å². The molecule has 7 heteroatoms. The first-order valence-electron chi connectivity index (χ1n) is 5.53. The summed E-state index contributed by atoms with van der Waals surface area (Å²) in [5.74, 6) is 0.291. The monoisotopic (exact) mass is 270 g/mol. The van der Waals surface area contributed by atoms with Crippen molar-refractivity contribution < 1.29 is 9.21 Å². The van der Waals surface area contributed by atoms with E-state index in [1.165, 1.54) is 6.26 Å². The van der Waals surface area contributed by atoms with Crippen molar-refractivity contribution in [1.29, 1.82) is 0 Å². The van der Waals surface area contributed by atoms with Crippen LogP contribution in [0.3, 0.4) is 0 Å². The number of thiocarbonyl (C=S) groups is 1. The Bertz CT molecular complexity index is 417. The van der Waals surface area contributed by atoms with Crippen LogP contribution in [0.5, 0.6) is 0 Å². The Balaban J connectivity index is 2.26. The molecule has 0 fully saturated rings. The summed E-state index contributed by atoms with van der Waals surface area (Å²) >= 11 is 5.01. The quantitative estimate of drug-likeness (QED) is 0.538. The van der Waals surface area contributed by atoms with Gasteiger partial charge in [-0.2, -0.15) is 0 Å². The molecule has 0 aliphatic carbocycles. The molecule has 1 aromatic heterocycles. The standard InChI is InChI=1S/C11H18N4O2S/c1-8-9(4-7-17-8)10(16)13-14-11(18)12-5-6-15(2)3/h4,7H,5-6H2,1-3H3,(H,13,16)(H2,12,14,18). The van der Waals surface area contributed by atoms with Gasteiger partial charge in [0.05, 0.1) is 11.8 Å². The van der Waals surface area contributed by atoms with Gasteiger partial charge in [-0.25, -0.2) is 0 Å². The van der Waals surface area contributed by atoms with Crippen LogP contribution in [0.4, 0.5) is 0 Å².